The van der Waals surface area contributed by atoms with Crippen LogP contribution in [-0.2, 0) is 4.79 Å². The van der Waals surface area contributed by atoms with E-state index in [1.54, 1.807) is 17.1 Å². The van der Waals surface area contributed by atoms with E-state index in [1.807, 2.05) is 48.7 Å². The van der Waals surface area contributed by atoms with Crippen LogP contribution in [0.2, 0.25) is 0 Å². The fourth-order valence-corrected chi connectivity index (χ4v) is 4.64. The van der Waals surface area contributed by atoms with Gasteiger partial charge in [-0.3, -0.25) is 9.69 Å². The van der Waals surface area contributed by atoms with Gasteiger partial charge >= 0.3 is 0 Å². The highest BCUT2D eigenvalue weighted by Gasteiger charge is 2.33. The van der Waals surface area contributed by atoms with Crippen LogP contribution in [0.3, 0.4) is 0 Å². The summed E-state index contributed by atoms with van der Waals surface area (Å²) in [5, 5.41) is 3.15. The Morgan fingerprint density at radius 1 is 1.28 bits per heavy atom. The van der Waals surface area contributed by atoms with E-state index in [-0.39, 0.29) is 5.91 Å². The molecule has 0 N–H and O–H groups in total. The summed E-state index contributed by atoms with van der Waals surface area (Å²) in [4.78, 5) is 23.9. The fourth-order valence-electron chi connectivity index (χ4n) is 2.69. The molecule has 0 radical (unpaired) electrons. The van der Waals surface area contributed by atoms with Gasteiger partial charge in [0, 0.05) is 28.0 Å². The summed E-state index contributed by atoms with van der Waals surface area (Å²) in [6, 6.07) is 11.6. The van der Waals surface area contributed by atoms with Gasteiger partial charge in [-0.25, -0.2) is 4.98 Å². The van der Waals surface area contributed by atoms with Gasteiger partial charge in [0.2, 0.25) is 5.13 Å². The van der Waals surface area contributed by atoms with Crippen LogP contribution in [0.25, 0.3) is 17.4 Å². The smallest absolute Gasteiger partial charge is 0.267 e. The summed E-state index contributed by atoms with van der Waals surface area (Å²) in [7, 11) is 0. The molecule has 4 rings (SSSR count). The molecule has 1 amide bonds. The molecule has 1 saturated heterocycles. The van der Waals surface area contributed by atoms with Crippen LogP contribution in [0.5, 0.6) is 0 Å². The zero-order valence-electron chi connectivity index (χ0n) is 15.5. The summed E-state index contributed by atoms with van der Waals surface area (Å²) >= 11 is 6.19. The van der Waals surface area contributed by atoms with Gasteiger partial charge in [0.15, 0.2) is 5.17 Å². The van der Waals surface area contributed by atoms with Crippen molar-refractivity contribution >= 4 is 61.3 Å². The van der Waals surface area contributed by atoms with Crippen molar-refractivity contribution in [2.75, 3.05) is 6.54 Å². The monoisotopic (exact) mass is 485 g/mol. The average Bonchev–Trinajstić information content (AvgIpc) is 3.40. The highest BCUT2D eigenvalue weighted by molar-refractivity contribution is 9.10. The van der Waals surface area contributed by atoms with Crippen molar-refractivity contribution in [2.24, 2.45) is 4.99 Å². The van der Waals surface area contributed by atoms with Gasteiger partial charge in [-0.05, 0) is 43.0 Å². The Morgan fingerprint density at radius 3 is 2.76 bits per heavy atom. The number of halogens is 1. The van der Waals surface area contributed by atoms with Crippen LogP contribution in [0, 0.1) is 6.92 Å². The summed E-state index contributed by atoms with van der Waals surface area (Å²) in [6.45, 7) is 6.04. The van der Waals surface area contributed by atoms with E-state index < -0.39 is 0 Å². The van der Waals surface area contributed by atoms with Crippen molar-refractivity contribution in [1.82, 2.24) is 9.88 Å². The molecule has 8 heteroatoms. The maximum atomic E-state index is 12.9. The number of hydrogen-bond donors (Lipinski definition) is 0. The summed E-state index contributed by atoms with van der Waals surface area (Å²) < 4.78 is 6.93. The molecular weight excluding hydrogens is 470 g/mol. The molecule has 0 unspecified atom stereocenters. The number of amidine groups is 1. The maximum Gasteiger partial charge on any atom is 0.267 e. The number of benzene rings is 1. The second-order valence-electron chi connectivity index (χ2n) is 6.19. The SMILES string of the molecule is C=CCN1C(=O)/C(=C\c2ccc(-c3ccc(Br)cc3)o2)S/C1=N/c1nc(C)cs1. The molecule has 29 heavy (non-hydrogen) atoms. The molecule has 3 aromatic rings. The van der Waals surface area contributed by atoms with Gasteiger partial charge in [0.05, 0.1) is 10.6 Å². The lowest BCUT2D eigenvalue weighted by Crippen LogP contribution is -2.29. The molecule has 1 aliphatic rings. The van der Waals surface area contributed by atoms with Crippen LogP contribution in [0.1, 0.15) is 11.5 Å². The number of aryl methyl sites for hydroxylation is 1. The van der Waals surface area contributed by atoms with Crippen molar-refractivity contribution in [1.29, 1.82) is 0 Å². The zero-order chi connectivity index (χ0) is 20.4. The third kappa shape index (κ3) is 4.44. The number of amides is 1. The van der Waals surface area contributed by atoms with Gasteiger partial charge in [-0.1, -0.05) is 34.1 Å². The molecule has 5 nitrogen and oxygen atoms in total. The Labute approximate surface area is 185 Å². The highest BCUT2D eigenvalue weighted by Crippen LogP contribution is 2.35. The normalized spacial score (nSPS) is 16.9. The lowest BCUT2D eigenvalue weighted by Gasteiger charge is -2.11. The van der Waals surface area contributed by atoms with Crippen molar-refractivity contribution in [2.45, 2.75) is 6.92 Å². The van der Waals surface area contributed by atoms with Crippen LogP contribution in [0.15, 0.2) is 73.2 Å². The molecule has 3 heterocycles. The van der Waals surface area contributed by atoms with Crippen LogP contribution in [-0.4, -0.2) is 27.5 Å². The van der Waals surface area contributed by atoms with Gasteiger partial charge in [0.25, 0.3) is 5.91 Å². The third-order valence-corrected chi connectivity index (χ3v) is 6.41. The predicted octanol–water partition coefficient (Wildman–Crippen LogP) is 6.26. The first-order valence-corrected chi connectivity index (χ1v) is 11.2. The van der Waals surface area contributed by atoms with Gasteiger partial charge < -0.3 is 4.42 Å². The van der Waals surface area contributed by atoms with E-state index in [0.717, 1.165) is 21.5 Å². The minimum absolute atomic E-state index is 0.122. The van der Waals surface area contributed by atoms with E-state index in [4.69, 9.17) is 4.42 Å². The molecule has 146 valence electrons. The number of aliphatic imine (C=N–C) groups is 1. The minimum Gasteiger partial charge on any atom is -0.457 e. The number of rotatable bonds is 5. The van der Waals surface area contributed by atoms with Crippen molar-refractivity contribution < 1.29 is 9.21 Å². The second kappa shape index (κ2) is 8.52. The van der Waals surface area contributed by atoms with E-state index in [2.05, 4.69) is 32.5 Å². The first kappa shape index (κ1) is 19.9. The first-order valence-electron chi connectivity index (χ1n) is 8.72. The van der Waals surface area contributed by atoms with E-state index in [9.17, 15) is 4.79 Å². The highest BCUT2D eigenvalue weighted by atomic mass is 79.9. The molecule has 0 atom stereocenters. The Kier molecular flexibility index (Phi) is 5.84. The van der Waals surface area contributed by atoms with Gasteiger partial charge in [-0.15, -0.1) is 17.9 Å². The number of carbonyl (C=O) groups excluding carboxylic acids is 1. The number of nitrogens with zero attached hydrogens (tertiary/aromatic N) is 3. The number of thioether (sulfide) groups is 1. The topological polar surface area (TPSA) is 58.7 Å². The number of aromatic nitrogens is 1. The lowest BCUT2D eigenvalue weighted by molar-refractivity contribution is -0.121. The van der Waals surface area contributed by atoms with Crippen LogP contribution < -0.4 is 0 Å². The Hall–Kier alpha value is -2.42. The zero-order valence-corrected chi connectivity index (χ0v) is 18.7. The fraction of sp³-hybridized carbons (Fsp3) is 0.0952. The number of carbonyl (C=O) groups is 1. The number of hydrogen-bond acceptors (Lipinski definition) is 6. The van der Waals surface area contributed by atoms with Crippen molar-refractivity contribution in [3.63, 3.8) is 0 Å². The van der Waals surface area contributed by atoms with Gasteiger partial charge in [-0.2, -0.15) is 4.99 Å². The quantitative estimate of drug-likeness (QED) is 0.315. The Bertz CT molecular complexity index is 1130. The van der Waals surface area contributed by atoms with E-state index in [1.165, 1.54) is 23.1 Å². The maximum absolute atomic E-state index is 12.9. The second-order valence-corrected chi connectivity index (χ2v) is 8.95. The van der Waals surface area contributed by atoms with Crippen molar-refractivity contribution in [3.05, 3.63) is 75.3 Å². The molecule has 0 spiro atoms. The molecule has 0 aliphatic carbocycles. The number of thiazole rings is 1. The number of furan rings is 1. The first-order chi connectivity index (χ1) is 14.0. The molecule has 0 bridgehead atoms. The lowest BCUT2D eigenvalue weighted by atomic mass is 10.2. The third-order valence-electron chi connectivity index (χ3n) is 4.03. The molecule has 1 fully saturated rings. The van der Waals surface area contributed by atoms with Gasteiger partial charge in [0.1, 0.15) is 11.5 Å². The van der Waals surface area contributed by atoms with Crippen LogP contribution >= 0.6 is 39.0 Å². The summed E-state index contributed by atoms with van der Waals surface area (Å²) in [6.07, 6.45) is 3.43. The molecule has 1 aliphatic heterocycles. The molecule has 2 aromatic heterocycles. The Balaban J connectivity index is 1.62. The van der Waals surface area contributed by atoms with Crippen molar-refractivity contribution in [3.8, 4) is 11.3 Å². The molecule has 1 aromatic carbocycles. The predicted molar refractivity (Wildman–Crippen MR) is 123 cm³/mol. The minimum atomic E-state index is -0.122. The summed E-state index contributed by atoms with van der Waals surface area (Å²) in [5.41, 5.74) is 1.88. The largest absolute Gasteiger partial charge is 0.457 e. The summed E-state index contributed by atoms with van der Waals surface area (Å²) in [5.74, 6) is 1.24. The van der Waals surface area contributed by atoms with E-state index >= 15 is 0 Å². The van der Waals surface area contributed by atoms with Crippen LogP contribution in [0.4, 0.5) is 5.13 Å². The molecular formula is C21H16BrN3O2S2. The van der Waals surface area contributed by atoms with E-state index in [0.29, 0.717) is 27.5 Å². The standard InChI is InChI=1S/C21H16BrN3O2S2/c1-3-10-25-19(26)18(29-21(25)24-20-23-13(2)12-28-20)11-16-8-9-17(27-16)14-4-6-15(22)7-5-14/h3-9,11-12H,1,10H2,2H3/b18-11+,24-21+. The Morgan fingerprint density at radius 2 is 2.07 bits per heavy atom. The average molecular weight is 486 g/mol. The molecule has 0 saturated carbocycles.